The second-order valence-electron chi connectivity index (χ2n) is 15.5. The van der Waals surface area contributed by atoms with Gasteiger partial charge >= 0.3 is 29.8 Å². The number of esters is 5. The number of ether oxygens (including phenoxy) is 5. The van der Waals surface area contributed by atoms with Crippen LogP contribution in [0.4, 0.5) is 0 Å². The Labute approximate surface area is 313 Å². The number of hydrogen-bond donors (Lipinski definition) is 0. The second-order valence-corrected chi connectivity index (χ2v) is 15.5. The van der Waals surface area contributed by atoms with Crippen molar-refractivity contribution in [1.82, 2.24) is 24.7 Å². The Morgan fingerprint density at radius 2 is 0.811 bits per heavy atom. The number of carbonyl (C=O) groups is 5. The molecule has 0 N–H and O–H groups in total. The van der Waals surface area contributed by atoms with Crippen LogP contribution in [0.25, 0.3) is 0 Å². The average molecular weight is 744 g/mol. The summed E-state index contributed by atoms with van der Waals surface area (Å²) in [5, 5.41) is 0. The van der Waals surface area contributed by atoms with E-state index < -0.39 is 46.6 Å². The molecule has 0 aliphatic carbocycles. The molecule has 0 amide bonds. The molecule has 0 saturated carbocycles. The van der Waals surface area contributed by atoms with Crippen LogP contribution in [0, 0.1) is 0 Å². The van der Waals surface area contributed by atoms with Crippen molar-refractivity contribution in [3.8, 4) is 0 Å². The zero-order valence-electron chi connectivity index (χ0n) is 33.1. The molecule has 0 aliphatic rings. The van der Waals surface area contributed by atoms with Gasteiger partial charge in [0, 0.05) is 39.3 Å². The fraction of sp³-hybridized carbons (Fsp3) is 0.605. The van der Waals surface area contributed by atoms with Crippen LogP contribution in [0.15, 0.2) is 36.4 Å². The highest BCUT2D eigenvalue weighted by Gasteiger charge is 2.25. The van der Waals surface area contributed by atoms with Gasteiger partial charge in [-0.05, 0) is 86.6 Å². The predicted octanol–water partition coefficient (Wildman–Crippen LogP) is 3.68. The zero-order valence-corrected chi connectivity index (χ0v) is 33.1. The van der Waals surface area contributed by atoms with E-state index in [1.165, 1.54) is 14.2 Å². The first-order valence-electron chi connectivity index (χ1n) is 17.5. The molecule has 2 aromatic rings. The Balaban J connectivity index is 2.38. The fourth-order valence-corrected chi connectivity index (χ4v) is 4.96. The first-order valence-corrected chi connectivity index (χ1v) is 17.5. The van der Waals surface area contributed by atoms with Gasteiger partial charge in [0.1, 0.15) is 28.2 Å². The van der Waals surface area contributed by atoms with Gasteiger partial charge in [-0.25, -0.2) is 19.6 Å². The van der Waals surface area contributed by atoms with Crippen LogP contribution in [-0.2, 0) is 51.2 Å². The van der Waals surface area contributed by atoms with Crippen LogP contribution in [0.1, 0.15) is 94.7 Å². The van der Waals surface area contributed by atoms with Crippen LogP contribution in [0.3, 0.4) is 0 Å². The Bertz CT molecular complexity index is 1450. The molecule has 15 nitrogen and oxygen atoms in total. The van der Waals surface area contributed by atoms with Crippen molar-refractivity contribution >= 4 is 29.8 Å². The van der Waals surface area contributed by atoms with Crippen LogP contribution in [-0.4, -0.2) is 131 Å². The normalized spacial score (nSPS) is 12.1. The van der Waals surface area contributed by atoms with Crippen molar-refractivity contribution in [2.24, 2.45) is 0 Å². The zero-order chi connectivity index (χ0) is 40.0. The molecule has 0 aliphatic heterocycles. The minimum Gasteiger partial charge on any atom is -0.464 e. The number of rotatable bonds is 18. The van der Waals surface area contributed by atoms with Crippen LogP contribution in [0.2, 0.25) is 0 Å². The van der Waals surface area contributed by atoms with Crippen LogP contribution in [0.5, 0.6) is 0 Å². The fourth-order valence-electron chi connectivity index (χ4n) is 4.96. The Morgan fingerprint density at radius 1 is 0.509 bits per heavy atom. The highest BCUT2D eigenvalue weighted by molar-refractivity contribution is 5.87. The molecule has 0 fully saturated rings. The van der Waals surface area contributed by atoms with Gasteiger partial charge in [-0.2, -0.15) is 0 Å². The maximum Gasteiger partial charge on any atom is 0.356 e. The monoisotopic (exact) mass is 743 g/mol. The molecule has 0 bridgehead atoms. The predicted molar refractivity (Wildman–Crippen MR) is 196 cm³/mol. The third-order valence-electron chi connectivity index (χ3n) is 6.96. The number of pyridine rings is 2. The van der Waals surface area contributed by atoms with E-state index in [2.05, 4.69) is 9.97 Å². The van der Waals surface area contributed by atoms with E-state index in [1.807, 2.05) is 14.7 Å². The minimum atomic E-state index is -0.721. The van der Waals surface area contributed by atoms with Gasteiger partial charge < -0.3 is 23.7 Å². The summed E-state index contributed by atoms with van der Waals surface area (Å²) in [7, 11) is 2.55. The second kappa shape index (κ2) is 20.1. The van der Waals surface area contributed by atoms with E-state index in [4.69, 9.17) is 23.7 Å². The van der Waals surface area contributed by atoms with Crippen LogP contribution < -0.4 is 0 Å². The van der Waals surface area contributed by atoms with E-state index in [9.17, 15) is 24.0 Å². The van der Waals surface area contributed by atoms with Gasteiger partial charge in [-0.3, -0.25) is 29.1 Å². The van der Waals surface area contributed by atoms with Crippen molar-refractivity contribution in [3.05, 3.63) is 59.2 Å². The van der Waals surface area contributed by atoms with E-state index in [1.54, 1.807) is 98.7 Å². The average Bonchev–Trinajstić information content (AvgIpc) is 3.02. The van der Waals surface area contributed by atoms with Crippen molar-refractivity contribution < 1.29 is 47.7 Å². The number of carbonyl (C=O) groups excluding carboxylic acids is 5. The van der Waals surface area contributed by atoms with E-state index in [0.717, 1.165) is 0 Å². The molecule has 0 radical (unpaired) electrons. The SMILES string of the molecule is COC(=O)c1cccc(CN(CCN(CCN(CC(=O)OC(C)(C)C)Cc2cccc(C(=O)OC)n2)CC(=O)OC(C)(C)C)CC(=O)OC(C)(C)C)n1. The first-order chi connectivity index (χ1) is 24.6. The Kier molecular flexibility index (Phi) is 17.0. The summed E-state index contributed by atoms with van der Waals surface area (Å²) in [6.45, 7) is 17.3. The molecule has 0 saturated heterocycles. The van der Waals surface area contributed by atoms with Gasteiger partial charge in [0.25, 0.3) is 0 Å². The lowest BCUT2D eigenvalue weighted by molar-refractivity contribution is -0.158. The topological polar surface area (TPSA) is 167 Å². The molecule has 0 aromatic carbocycles. The molecular weight excluding hydrogens is 686 g/mol. The summed E-state index contributed by atoms with van der Waals surface area (Å²) in [5.41, 5.74) is -0.827. The summed E-state index contributed by atoms with van der Waals surface area (Å²) >= 11 is 0. The minimum absolute atomic E-state index is 0.0794. The third kappa shape index (κ3) is 18.7. The number of nitrogens with zero attached hydrogens (tertiary/aromatic N) is 5. The Hall–Kier alpha value is -4.47. The number of methoxy groups -OCH3 is 2. The standard InChI is InChI=1S/C38H57N5O10/c1-36(2,3)51-31(44)24-41(18-20-42(25-32(45)52-37(4,5)6)22-27-14-12-16-29(39-27)34(47)49-10)19-21-43(26-33(46)53-38(7,8)9)23-28-15-13-17-30(40-28)35(48)50-11/h12-17H,18-26H2,1-11H3. The maximum absolute atomic E-state index is 13.1. The third-order valence-corrected chi connectivity index (χ3v) is 6.96. The molecule has 2 heterocycles. The van der Waals surface area contributed by atoms with Crippen molar-refractivity contribution in [2.75, 3.05) is 60.0 Å². The Morgan fingerprint density at radius 3 is 1.11 bits per heavy atom. The summed E-state index contributed by atoms with van der Waals surface area (Å²) < 4.78 is 26.5. The summed E-state index contributed by atoms with van der Waals surface area (Å²) in [6, 6.07) is 9.93. The lowest BCUT2D eigenvalue weighted by atomic mass is 10.2. The van der Waals surface area contributed by atoms with Crippen molar-refractivity contribution in [3.63, 3.8) is 0 Å². The highest BCUT2D eigenvalue weighted by Crippen LogP contribution is 2.13. The van der Waals surface area contributed by atoms with Gasteiger partial charge in [-0.1, -0.05) is 12.1 Å². The molecule has 2 aromatic heterocycles. The summed E-state index contributed by atoms with van der Waals surface area (Å²) in [4.78, 5) is 77.8. The van der Waals surface area contributed by atoms with Gasteiger partial charge in [-0.15, -0.1) is 0 Å². The molecule has 294 valence electrons. The largest absolute Gasteiger partial charge is 0.464 e. The van der Waals surface area contributed by atoms with Gasteiger partial charge in [0.05, 0.1) is 45.2 Å². The number of aromatic nitrogens is 2. The van der Waals surface area contributed by atoms with E-state index >= 15 is 0 Å². The lowest BCUT2D eigenvalue weighted by Gasteiger charge is -2.31. The molecule has 2 rings (SSSR count). The van der Waals surface area contributed by atoms with Gasteiger partial charge in [0.2, 0.25) is 0 Å². The van der Waals surface area contributed by atoms with E-state index in [-0.39, 0.29) is 44.1 Å². The summed E-state index contributed by atoms with van der Waals surface area (Å²) in [5.74, 6) is -2.53. The highest BCUT2D eigenvalue weighted by atomic mass is 16.6. The number of hydrogen-bond acceptors (Lipinski definition) is 15. The summed E-state index contributed by atoms with van der Waals surface area (Å²) in [6.07, 6.45) is 0. The molecule has 53 heavy (non-hydrogen) atoms. The van der Waals surface area contributed by atoms with Gasteiger partial charge in [0.15, 0.2) is 0 Å². The van der Waals surface area contributed by atoms with Crippen LogP contribution >= 0.6 is 0 Å². The van der Waals surface area contributed by atoms with Crippen molar-refractivity contribution in [2.45, 2.75) is 92.2 Å². The molecule has 0 atom stereocenters. The van der Waals surface area contributed by atoms with E-state index in [0.29, 0.717) is 37.6 Å². The lowest BCUT2D eigenvalue weighted by Crippen LogP contribution is -2.45. The molecular formula is C38H57N5O10. The smallest absolute Gasteiger partial charge is 0.356 e. The van der Waals surface area contributed by atoms with Crippen molar-refractivity contribution in [1.29, 1.82) is 0 Å². The molecule has 0 unspecified atom stereocenters. The quantitative estimate of drug-likeness (QED) is 0.160. The molecule has 0 spiro atoms. The maximum atomic E-state index is 13.1. The molecule has 15 heteroatoms. The first kappa shape index (κ1) is 44.7.